The van der Waals surface area contributed by atoms with Crippen LogP contribution in [0, 0.1) is 5.92 Å². The zero-order valence-electron chi connectivity index (χ0n) is 13.1. The van der Waals surface area contributed by atoms with Crippen molar-refractivity contribution in [3.05, 3.63) is 17.7 Å². The number of aliphatic hydroxyl groups is 1. The first kappa shape index (κ1) is 16.5. The molecule has 1 aliphatic heterocycles. The number of aromatic nitrogens is 2. The van der Waals surface area contributed by atoms with Gasteiger partial charge >= 0.3 is 0 Å². The van der Waals surface area contributed by atoms with E-state index >= 15 is 0 Å². The minimum Gasteiger partial charge on any atom is -0.396 e. The molecule has 1 atom stereocenters. The third kappa shape index (κ3) is 3.85. The fourth-order valence-electron chi connectivity index (χ4n) is 2.64. The van der Waals surface area contributed by atoms with Crippen molar-refractivity contribution >= 4 is 11.8 Å². The second-order valence-corrected chi connectivity index (χ2v) is 5.92. The van der Waals surface area contributed by atoms with Gasteiger partial charge in [-0.15, -0.1) is 0 Å². The SMILES string of the molecule is CC(C)NC(=O)C1CCc2c(C(=O)NCCCO)ncn2C1. The standard InChI is InChI=1S/C15H24N4O3/c1-10(2)18-14(21)11-4-5-12-13(17-9-19(12)8-11)15(22)16-6-3-7-20/h9-11,20H,3-8H2,1-2H3,(H,16,22)(H,18,21). The minimum atomic E-state index is -0.215. The zero-order valence-corrected chi connectivity index (χ0v) is 13.1. The molecule has 0 fully saturated rings. The average molecular weight is 308 g/mol. The Morgan fingerprint density at radius 3 is 2.95 bits per heavy atom. The van der Waals surface area contributed by atoms with Crippen molar-refractivity contribution in [2.75, 3.05) is 13.2 Å². The average Bonchev–Trinajstić information content (AvgIpc) is 2.89. The molecule has 1 aliphatic rings. The molecule has 22 heavy (non-hydrogen) atoms. The van der Waals surface area contributed by atoms with Crippen LogP contribution in [0.4, 0.5) is 0 Å². The Morgan fingerprint density at radius 1 is 1.50 bits per heavy atom. The van der Waals surface area contributed by atoms with Crippen LogP contribution in [0.3, 0.4) is 0 Å². The van der Waals surface area contributed by atoms with Crippen LogP contribution in [0.15, 0.2) is 6.33 Å². The topological polar surface area (TPSA) is 96.2 Å². The van der Waals surface area contributed by atoms with E-state index in [-0.39, 0.29) is 30.4 Å². The fourth-order valence-corrected chi connectivity index (χ4v) is 2.64. The smallest absolute Gasteiger partial charge is 0.271 e. The van der Waals surface area contributed by atoms with Crippen molar-refractivity contribution < 1.29 is 14.7 Å². The molecule has 7 nitrogen and oxygen atoms in total. The summed E-state index contributed by atoms with van der Waals surface area (Å²) in [6.07, 6.45) is 3.55. The van der Waals surface area contributed by atoms with Gasteiger partial charge in [0.2, 0.25) is 5.91 Å². The summed E-state index contributed by atoms with van der Waals surface area (Å²) in [5, 5.41) is 14.4. The number of carbonyl (C=O) groups is 2. The summed E-state index contributed by atoms with van der Waals surface area (Å²) in [4.78, 5) is 28.3. The number of amides is 2. The molecule has 0 aromatic carbocycles. The molecule has 2 heterocycles. The summed E-state index contributed by atoms with van der Waals surface area (Å²) < 4.78 is 1.90. The first-order chi connectivity index (χ1) is 10.5. The Balaban J connectivity index is 2.00. The molecule has 7 heteroatoms. The molecule has 122 valence electrons. The van der Waals surface area contributed by atoms with Gasteiger partial charge in [-0.25, -0.2) is 4.98 Å². The van der Waals surface area contributed by atoms with Crippen molar-refractivity contribution in [1.29, 1.82) is 0 Å². The molecule has 0 spiro atoms. The molecule has 0 radical (unpaired) electrons. The van der Waals surface area contributed by atoms with Gasteiger partial charge in [-0.05, 0) is 33.1 Å². The van der Waals surface area contributed by atoms with E-state index in [4.69, 9.17) is 5.11 Å². The molecule has 0 saturated heterocycles. The van der Waals surface area contributed by atoms with Crippen LogP contribution < -0.4 is 10.6 Å². The first-order valence-electron chi connectivity index (χ1n) is 7.76. The molecule has 1 aromatic heterocycles. The molecule has 0 saturated carbocycles. The predicted octanol–water partition coefficient (Wildman–Crippen LogP) is 0.0823. The monoisotopic (exact) mass is 308 g/mol. The number of carbonyl (C=O) groups excluding carboxylic acids is 2. The van der Waals surface area contributed by atoms with E-state index in [1.54, 1.807) is 6.33 Å². The number of aliphatic hydroxyl groups excluding tert-OH is 1. The Hall–Kier alpha value is -1.89. The van der Waals surface area contributed by atoms with Crippen LogP contribution in [-0.2, 0) is 17.8 Å². The summed E-state index contributed by atoms with van der Waals surface area (Å²) in [7, 11) is 0. The molecule has 1 unspecified atom stereocenters. The highest BCUT2D eigenvalue weighted by molar-refractivity contribution is 5.93. The number of hydrogen-bond acceptors (Lipinski definition) is 4. The third-order valence-corrected chi connectivity index (χ3v) is 3.73. The number of nitrogens with zero attached hydrogens (tertiary/aromatic N) is 2. The number of fused-ring (bicyclic) bond motifs is 1. The molecule has 3 N–H and O–H groups in total. The van der Waals surface area contributed by atoms with Crippen LogP contribution in [0.1, 0.15) is 42.9 Å². The van der Waals surface area contributed by atoms with Gasteiger partial charge in [0.25, 0.3) is 5.91 Å². The minimum absolute atomic E-state index is 0.0498. The number of imidazole rings is 1. The highest BCUT2D eigenvalue weighted by Gasteiger charge is 2.28. The lowest BCUT2D eigenvalue weighted by Crippen LogP contribution is -2.39. The third-order valence-electron chi connectivity index (χ3n) is 3.73. The predicted molar refractivity (Wildman–Crippen MR) is 81.4 cm³/mol. The first-order valence-corrected chi connectivity index (χ1v) is 7.76. The number of hydrogen-bond donors (Lipinski definition) is 3. The van der Waals surface area contributed by atoms with Crippen molar-refractivity contribution in [3.63, 3.8) is 0 Å². The molecule has 0 bridgehead atoms. The number of rotatable bonds is 6. The second-order valence-electron chi connectivity index (χ2n) is 5.92. The maximum Gasteiger partial charge on any atom is 0.271 e. The van der Waals surface area contributed by atoms with Crippen LogP contribution in [0.25, 0.3) is 0 Å². The maximum absolute atomic E-state index is 12.1. The van der Waals surface area contributed by atoms with E-state index in [0.717, 1.165) is 12.1 Å². The van der Waals surface area contributed by atoms with Crippen LogP contribution in [0.2, 0.25) is 0 Å². The highest BCUT2D eigenvalue weighted by atomic mass is 16.3. The van der Waals surface area contributed by atoms with E-state index in [2.05, 4.69) is 15.6 Å². The largest absolute Gasteiger partial charge is 0.396 e. The zero-order chi connectivity index (χ0) is 16.1. The van der Waals surface area contributed by atoms with Gasteiger partial charge in [0.1, 0.15) is 5.69 Å². The quantitative estimate of drug-likeness (QED) is 0.649. The van der Waals surface area contributed by atoms with E-state index in [1.807, 2.05) is 18.4 Å². The lowest BCUT2D eigenvalue weighted by atomic mass is 9.96. The molecular formula is C15H24N4O3. The van der Waals surface area contributed by atoms with Crippen molar-refractivity contribution in [2.24, 2.45) is 5.92 Å². The van der Waals surface area contributed by atoms with Crippen molar-refractivity contribution in [3.8, 4) is 0 Å². The van der Waals surface area contributed by atoms with Crippen LogP contribution in [-0.4, -0.2) is 45.7 Å². The molecule has 2 rings (SSSR count). The Kier molecular flexibility index (Phi) is 5.54. The molecule has 1 aromatic rings. The van der Waals surface area contributed by atoms with E-state index in [1.165, 1.54) is 0 Å². The molecule has 2 amide bonds. The summed E-state index contributed by atoms with van der Waals surface area (Å²) in [5.74, 6) is -0.232. The lowest BCUT2D eigenvalue weighted by molar-refractivity contribution is -0.126. The van der Waals surface area contributed by atoms with E-state index < -0.39 is 0 Å². The Morgan fingerprint density at radius 2 is 2.27 bits per heavy atom. The van der Waals surface area contributed by atoms with Gasteiger partial charge in [0, 0.05) is 25.7 Å². The Labute approximate surface area is 130 Å². The van der Waals surface area contributed by atoms with Crippen molar-refractivity contribution in [2.45, 2.75) is 45.7 Å². The summed E-state index contributed by atoms with van der Waals surface area (Å²) in [6, 6.07) is 0.129. The summed E-state index contributed by atoms with van der Waals surface area (Å²) >= 11 is 0. The molecule has 0 aliphatic carbocycles. The van der Waals surface area contributed by atoms with E-state index in [0.29, 0.717) is 31.6 Å². The fraction of sp³-hybridized carbons (Fsp3) is 0.667. The summed E-state index contributed by atoms with van der Waals surface area (Å²) in [6.45, 7) is 4.93. The highest BCUT2D eigenvalue weighted by Crippen LogP contribution is 2.22. The maximum atomic E-state index is 12.1. The number of nitrogens with one attached hydrogen (secondary N) is 2. The Bertz CT molecular complexity index is 539. The van der Waals surface area contributed by atoms with Crippen molar-refractivity contribution in [1.82, 2.24) is 20.2 Å². The van der Waals surface area contributed by atoms with Crippen LogP contribution in [0.5, 0.6) is 0 Å². The van der Waals surface area contributed by atoms with Gasteiger partial charge in [-0.1, -0.05) is 0 Å². The van der Waals surface area contributed by atoms with E-state index in [9.17, 15) is 9.59 Å². The normalized spacial score (nSPS) is 17.2. The molecular weight excluding hydrogens is 284 g/mol. The van der Waals surface area contributed by atoms with Gasteiger partial charge < -0.3 is 20.3 Å². The lowest BCUT2D eigenvalue weighted by Gasteiger charge is -2.24. The van der Waals surface area contributed by atoms with Crippen LogP contribution >= 0.6 is 0 Å². The summed E-state index contributed by atoms with van der Waals surface area (Å²) in [5.41, 5.74) is 1.32. The van der Waals surface area contributed by atoms with Gasteiger partial charge in [-0.3, -0.25) is 9.59 Å². The second kappa shape index (κ2) is 7.40. The van der Waals surface area contributed by atoms with Gasteiger partial charge in [0.05, 0.1) is 17.9 Å². The van der Waals surface area contributed by atoms with Gasteiger partial charge in [-0.2, -0.15) is 0 Å². The van der Waals surface area contributed by atoms with Gasteiger partial charge in [0.15, 0.2) is 0 Å².